The maximum absolute atomic E-state index is 4.35. The molecule has 1 N–H and O–H groups in total. The van der Waals surface area contributed by atoms with Gasteiger partial charge in [0.2, 0.25) is 0 Å². The number of thioether (sulfide) groups is 1. The predicted octanol–water partition coefficient (Wildman–Crippen LogP) is 3.66. The van der Waals surface area contributed by atoms with E-state index in [-0.39, 0.29) is 0 Å². The van der Waals surface area contributed by atoms with Crippen LogP contribution in [0.25, 0.3) is 0 Å². The Kier molecular flexibility index (Phi) is 4.25. The number of hydrogen-bond acceptors (Lipinski definition) is 4. The first-order chi connectivity index (χ1) is 7.84. The van der Waals surface area contributed by atoms with E-state index in [4.69, 9.17) is 0 Å². The quantitative estimate of drug-likeness (QED) is 0.647. The second-order valence-electron chi connectivity index (χ2n) is 3.38. The van der Waals surface area contributed by atoms with Crippen molar-refractivity contribution in [2.75, 3.05) is 17.6 Å². The fraction of sp³-hybridized carbons (Fsp3) is 0.250. The highest BCUT2D eigenvalue weighted by molar-refractivity contribution is 7.99. The van der Waals surface area contributed by atoms with Crippen LogP contribution in [-0.2, 0) is 0 Å². The molecule has 2 aromatic rings. The van der Waals surface area contributed by atoms with Crippen molar-refractivity contribution in [3.63, 3.8) is 0 Å². The van der Waals surface area contributed by atoms with Crippen molar-refractivity contribution in [2.45, 2.75) is 11.8 Å². The van der Waals surface area contributed by atoms with Crippen LogP contribution < -0.4 is 5.32 Å². The minimum absolute atomic E-state index is 0.951. The number of benzene rings is 1. The molecule has 2 rings (SSSR count). The molecule has 0 amide bonds. The summed E-state index contributed by atoms with van der Waals surface area (Å²) in [6.45, 7) is 2.97. The molecule has 0 atom stereocenters. The van der Waals surface area contributed by atoms with Crippen LogP contribution in [0.4, 0.5) is 5.13 Å². The number of nitrogens with zero attached hydrogens (tertiary/aromatic N) is 1. The van der Waals surface area contributed by atoms with Gasteiger partial charge in [0.05, 0.1) is 5.69 Å². The average molecular weight is 250 g/mol. The lowest BCUT2D eigenvalue weighted by Crippen LogP contribution is -2.03. The number of aromatic nitrogens is 1. The molecule has 0 aliphatic heterocycles. The Bertz CT molecular complexity index is 426. The Morgan fingerprint density at radius 1 is 1.31 bits per heavy atom. The van der Waals surface area contributed by atoms with Gasteiger partial charge in [0.25, 0.3) is 0 Å². The van der Waals surface area contributed by atoms with Crippen LogP contribution >= 0.6 is 23.1 Å². The highest BCUT2D eigenvalue weighted by Crippen LogP contribution is 2.18. The summed E-state index contributed by atoms with van der Waals surface area (Å²) in [6.07, 6.45) is 0. The molecule has 4 heteroatoms. The van der Waals surface area contributed by atoms with Crippen molar-refractivity contribution < 1.29 is 0 Å². The molecule has 84 valence electrons. The van der Waals surface area contributed by atoms with E-state index in [2.05, 4.69) is 39.9 Å². The summed E-state index contributed by atoms with van der Waals surface area (Å²) < 4.78 is 0. The van der Waals surface area contributed by atoms with E-state index in [1.165, 1.54) is 4.90 Å². The maximum atomic E-state index is 4.35. The zero-order valence-corrected chi connectivity index (χ0v) is 10.8. The Balaban J connectivity index is 1.69. The van der Waals surface area contributed by atoms with E-state index >= 15 is 0 Å². The van der Waals surface area contributed by atoms with Crippen molar-refractivity contribution in [3.05, 3.63) is 41.4 Å². The van der Waals surface area contributed by atoms with Gasteiger partial charge in [-0.25, -0.2) is 4.98 Å². The smallest absolute Gasteiger partial charge is 0.182 e. The zero-order valence-electron chi connectivity index (χ0n) is 9.14. The highest BCUT2D eigenvalue weighted by atomic mass is 32.2. The van der Waals surface area contributed by atoms with Gasteiger partial charge in [0, 0.05) is 22.6 Å². The fourth-order valence-corrected chi connectivity index (χ4v) is 2.79. The largest absolute Gasteiger partial charge is 0.361 e. The van der Waals surface area contributed by atoms with Crippen molar-refractivity contribution in [3.8, 4) is 0 Å². The summed E-state index contributed by atoms with van der Waals surface area (Å²) in [5, 5.41) is 6.40. The van der Waals surface area contributed by atoms with Crippen molar-refractivity contribution in [1.29, 1.82) is 0 Å². The SMILES string of the molecule is Cc1csc(NCCSc2ccccc2)n1. The second kappa shape index (κ2) is 5.92. The molecule has 0 aliphatic carbocycles. The molecule has 0 bridgehead atoms. The number of thiazole rings is 1. The third-order valence-electron chi connectivity index (χ3n) is 2.01. The lowest BCUT2D eigenvalue weighted by molar-refractivity contribution is 1.17. The van der Waals surface area contributed by atoms with Gasteiger partial charge in [-0.15, -0.1) is 23.1 Å². The number of hydrogen-bond donors (Lipinski definition) is 1. The molecule has 16 heavy (non-hydrogen) atoms. The first-order valence-corrected chi connectivity index (χ1v) is 7.05. The van der Waals surface area contributed by atoms with Gasteiger partial charge in [-0.1, -0.05) is 18.2 Å². The highest BCUT2D eigenvalue weighted by Gasteiger charge is 1.97. The Morgan fingerprint density at radius 3 is 2.81 bits per heavy atom. The molecule has 0 aliphatic rings. The van der Waals surface area contributed by atoms with E-state index < -0.39 is 0 Å². The molecule has 1 heterocycles. The van der Waals surface area contributed by atoms with Crippen molar-refractivity contribution >= 4 is 28.2 Å². The van der Waals surface area contributed by atoms with Crippen LogP contribution in [0, 0.1) is 6.92 Å². The summed E-state index contributed by atoms with van der Waals surface area (Å²) in [5.41, 5.74) is 1.09. The van der Waals surface area contributed by atoms with Gasteiger partial charge < -0.3 is 5.32 Å². The number of anilines is 1. The molecule has 0 unspecified atom stereocenters. The number of aryl methyl sites for hydroxylation is 1. The van der Waals surface area contributed by atoms with Crippen LogP contribution in [-0.4, -0.2) is 17.3 Å². The summed E-state index contributed by atoms with van der Waals surface area (Å²) in [4.78, 5) is 5.67. The lowest BCUT2D eigenvalue weighted by atomic mass is 10.4. The first-order valence-electron chi connectivity index (χ1n) is 5.18. The number of rotatable bonds is 5. The molecule has 0 saturated heterocycles. The first kappa shape index (κ1) is 11.5. The van der Waals surface area contributed by atoms with Crippen molar-refractivity contribution in [2.24, 2.45) is 0 Å². The molecule has 1 aromatic carbocycles. The summed E-state index contributed by atoms with van der Waals surface area (Å²) >= 11 is 3.53. The molecule has 0 fully saturated rings. The fourth-order valence-electron chi connectivity index (χ4n) is 1.28. The predicted molar refractivity (Wildman–Crippen MR) is 72.5 cm³/mol. The molecule has 0 radical (unpaired) electrons. The van der Waals surface area contributed by atoms with E-state index in [0.717, 1.165) is 23.1 Å². The molecular formula is C12H14N2S2. The van der Waals surface area contributed by atoms with Gasteiger partial charge in [-0.3, -0.25) is 0 Å². The van der Waals surface area contributed by atoms with Gasteiger partial charge in [0.15, 0.2) is 5.13 Å². The van der Waals surface area contributed by atoms with Gasteiger partial charge in [-0.2, -0.15) is 0 Å². The van der Waals surface area contributed by atoms with Crippen LogP contribution in [0.1, 0.15) is 5.69 Å². The van der Waals surface area contributed by atoms with Gasteiger partial charge >= 0.3 is 0 Å². The van der Waals surface area contributed by atoms with Crippen molar-refractivity contribution in [1.82, 2.24) is 4.98 Å². The average Bonchev–Trinajstić information content (AvgIpc) is 2.72. The summed E-state index contributed by atoms with van der Waals surface area (Å²) in [5.74, 6) is 1.06. The minimum atomic E-state index is 0.951. The van der Waals surface area contributed by atoms with E-state index in [1.807, 2.05) is 24.8 Å². The second-order valence-corrected chi connectivity index (χ2v) is 5.41. The third-order valence-corrected chi connectivity index (χ3v) is 3.94. The Hall–Kier alpha value is -1.00. The number of nitrogens with one attached hydrogen (secondary N) is 1. The molecule has 2 nitrogen and oxygen atoms in total. The monoisotopic (exact) mass is 250 g/mol. The van der Waals surface area contributed by atoms with E-state index in [1.54, 1.807) is 11.3 Å². The summed E-state index contributed by atoms with van der Waals surface area (Å²) in [6, 6.07) is 10.5. The van der Waals surface area contributed by atoms with E-state index in [9.17, 15) is 0 Å². The van der Waals surface area contributed by atoms with Gasteiger partial charge in [-0.05, 0) is 19.1 Å². The minimum Gasteiger partial charge on any atom is -0.361 e. The molecular weight excluding hydrogens is 236 g/mol. The van der Waals surface area contributed by atoms with Crippen LogP contribution in [0.3, 0.4) is 0 Å². The third kappa shape index (κ3) is 3.54. The maximum Gasteiger partial charge on any atom is 0.182 e. The van der Waals surface area contributed by atoms with Crippen LogP contribution in [0.5, 0.6) is 0 Å². The van der Waals surface area contributed by atoms with Crippen LogP contribution in [0.15, 0.2) is 40.6 Å². The Labute approximate surface area is 104 Å². The van der Waals surface area contributed by atoms with Gasteiger partial charge in [0.1, 0.15) is 0 Å². The Morgan fingerprint density at radius 2 is 2.12 bits per heavy atom. The lowest BCUT2D eigenvalue weighted by Gasteiger charge is -2.02. The molecule has 0 saturated carbocycles. The molecule has 0 spiro atoms. The van der Waals surface area contributed by atoms with E-state index in [0.29, 0.717) is 0 Å². The normalized spacial score (nSPS) is 10.3. The van der Waals surface area contributed by atoms with Crippen LogP contribution in [0.2, 0.25) is 0 Å². The zero-order chi connectivity index (χ0) is 11.2. The standard InChI is InChI=1S/C12H14N2S2/c1-10-9-16-12(14-10)13-7-8-15-11-5-3-2-4-6-11/h2-6,9H,7-8H2,1H3,(H,13,14). The molecule has 1 aromatic heterocycles. The summed E-state index contributed by atoms with van der Waals surface area (Å²) in [7, 11) is 0. The topological polar surface area (TPSA) is 24.9 Å².